The van der Waals surface area contributed by atoms with Crippen molar-refractivity contribution in [1.82, 2.24) is 9.88 Å². The molecule has 1 aliphatic heterocycles. The van der Waals surface area contributed by atoms with Crippen molar-refractivity contribution in [3.63, 3.8) is 0 Å². The lowest BCUT2D eigenvalue weighted by molar-refractivity contribution is 0.141. The Labute approximate surface area is 175 Å². The smallest absolute Gasteiger partial charge is 0.0816 e. The number of rotatable bonds is 5. The normalized spacial score (nSPS) is 16.5. The van der Waals surface area contributed by atoms with Gasteiger partial charge in [0.1, 0.15) is 0 Å². The molecule has 1 aliphatic rings. The topological polar surface area (TPSA) is 39.6 Å². The number of aromatic nitrogens is 1. The third kappa shape index (κ3) is 3.73. The first kappa shape index (κ1) is 18.6. The van der Waals surface area contributed by atoms with Gasteiger partial charge in [0.05, 0.1) is 11.6 Å². The summed E-state index contributed by atoms with van der Waals surface area (Å²) in [6, 6.07) is 18.8. The van der Waals surface area contributed by atoms with Gasteiger partial charge in [0, 0.05) is 54.7 Å². The Balaban J connectivity index is 1.20. The highest BCUT2D eigenvalue weighted by atomic mass is 32.1. The summed E-state index contributed by atoms with van der Waals surface area (Å²) >= 11 is 1.72. The molecule has 2 aromatic carbocycles. The molecule has 1 atom stereocenters. The number of piperazine rings is 1. The molecule has 4 aromatic rings. The monoisotopic (exact) mass is 403 g/mol. The van der Waals surface area contributed by atoms with E-state index in [2.05, 4.69) is 62.6 Å². The predicted octanol–water partition coefficient (Wildman–Crippen LogP) is 4.70. The van der Waals surface area contributed by atoms with Gasteiger partial charge in [-0.15, -0.1) is 11.3 Å². The molecule has 1 fully saturated rings. The first-order valence-corrected chi connectivity index (χ1v) is 11.1. The van der Waals surface area contributed by atoms with E-state index < -0.39 is 6.10 Å². The molecule has 3 heterocycles. The Hall–Kier alpha value is -2.47. The highest BCUT2D eigenvalue weighted by Gasteiger charge is 2.20. The molecular weight excluding hydrogens is 378 g/mol. The summed E-state index contributed by atoms with van der Waals surface area (Å²) in [6.45, 7) is 4.98. The lowest BCUT2D eigenvalue weighted by Crippen LogP contribution is -2.46. The van der Waals surface area contributed by atoms with Gasteiger partial charge in [0.2, 0.25) is 0 Å². The van der Waals surface area contributed by atoms with Gasteiger partial charge in [-0.2, -0.15) is 0 Å². The fourth-order valence-electron chi connectivity index (χ4n) is 4.29. The number of aliphatic hydroxyl groups is 1. The van der Waals surface area contributed by atoms with Crippen LogP contribution in [-0.4, -0.2) is 47.7 Å². The first-order chi connectivity index (χ1) is 14.3. The van der Waals surface area contributed by atoms with E-state index in [4.69, 9.17) is 0 Å². The van der Waals surface area contributed by atoms with E-state index in [0.29, 0.717) is 0 Å². The summed E-state index contributed by atoms with van der Waals surface area (Å²) in [4.78, 5) is 9.41. The molecule has 5 rings (SSSR count). The van der Waals surface area contributed by atoms with Crippen molar-refractivity contribution in [3.05, 3.63) is 71.7 Å². The van der Waals surface area contributed by atoms with Crippen molar-refractivity contribution in [2.24, 2.45) is 0 Å². The SMILES string of the molecule is OC(CCN1CCN(c2ccnc3ccccc23)CC1)c1csc2ccccc12. The minimum absolute atomic E-state index is 0.395. The molecule has 0 bridgehead atoms. The largest absolute Gasteiger partial charge is 0.388 e. The average molecular weight is 404 g/mol. The fourth-order valence-corrected chi connectivity index (χ4v) is 5.29. The zero-order valence-corrected chi connectivity index (χ0v) is 17.2. The van der Waals surface area contributed by atoms with Gasteiger partial charge in [-0.05, 0) is 40.9 Å². The molecule has 0 radical (unpaired) electrons. The van der Waals surface area contributed by atoms with E-state index in [1.54, 1.807) is 11.3 Å². The zero-order valence-electron chi connectivity index (χ0n) is 16.4. The van der Waals surface area contributed by atoms with Crippen molar-refractivity contribution in [2.45, 2.75) is 12.5 Å². The number of para-hydroxylation sites is 1. The van der Waals surface area contributed by atoms with Crippen LogP contribution in [0.3, 0.4) is 0 Å². The van der Waals surface area contributed by atoms with Crippen LogP contribution in [0.5, 0.6) is 0 Å². The summed E-state index contributed by atoms with van der Waals surface area (Å²) in [5.41, 5.74) is 3.41. The van der Waals surface area contributed by atoms with Crippen molar-refractivity contribution in [3.8, 4) is 0 Å². The second kappa shape index (κ2) is 8.11. The Morgan fingerprint density at radius 2 is 1.69 bits per heavy atom. The van der Waals surface area contributed by atoms with Gasteiger partial charge in [-0.25, -0.2) is 0 Å². The second-order valence-electron chi connectivity index (χ2n) is 7.67. The molecule has 0 amide bonds. The molecule has 1 N–H and O–H groups in total. The van der Waals surface area contributed by atoms with Gasteiger partial charge in [-0.1, -0.05) is 36.4 Å². The quantitative estimate of drug-likeness (QED) is 0.525. The number of aliphatic hydroxyl groups excluding tert-OH is 1. The molecule has 1 saturated heterocycles. The summed E-state index contributed by atoms with van der Waals surface area (Å²) in [7, 11) is 0. The van der Waals surface area contributed by atoms with Crippen LogP contribution < -0.4 is 4.90 Å². The molecule has 148 valence electrons. The maximum absolute atomic E-state index is 10.7. The third-order valence-corrected chi connectivity index (χ3v) is 6.91. The molecular formula is C24H25N3OS. The maximum Gasteiger partial charge on any atom is 0.0816 e. The van der Waals surface area contributed by atoms with Gasteiger partial charge < -0.3 is 10.0 Å². The van der Waals surface area contributed by atoms with E-state index in [0.717, 1.165) is 50.2 Å². The molecule has 0 spiro atoms. The summed E-state index contributed by atoms with van der Waals surface area (Å²) in [5, 5.41) is 15.3. The lowest BCUT2D eigenvalue weighted by Gasteiger charge is -2.36. The van der Waals surface area contributed by atoms with E-state index in [1.807, 2.05) is 18.3 Å². The van der Waals surface area contributed by atoms with Crippen LogP contribution in [0.2, 0.25) is 0 Å². The number of hydrogen-bond donors (Lipinski definition) is 1. The van der Waals surface area contributed by atoms with Gasteiger partial charge in [0.15, 0.2) is 0 Å². The lowest BCUT2D eigenvalue weighted by atomic mass is 10.1. The number of thiophene rings is 1. The van der Waals surface area contributed by atoms with E-state index >= 15 is 0 Å². The molecule has 29 heavy (non-hydrogen) atoms. The van der Waals surface area contributed by atoms with Gasteiger partial charge >= 0.3 is 0 Å². The Morgan fingerprint density at radius 1 is 0.931 bits per heavy atom. The van der Waals surface area contributed by atoms with Crippen LogP contribution in [0.1, 0.15) is 18.1 Å². The van der Waals surface area contributed by atoms with Gasteiger partial charge in [-0.3, -0.25) is 9.88 Å². The van der Waals surface area contributed by atoms with E-state index in [-0.39, 0.29) is 0 Å². The fraction of sp³-hybridized carbons (Fsp3) is 0.292. The Morgan fingerprint density at radius 3 is 2.55 bits per heavy atom. The Kier molecular flexibility index (Phi) is 5.19. The number of nitrogens with zero attached hydrogens (tertiary/aromatic N) is 3. The first-order valence-electron chi connectivity index (χ1n) is 10.2. The molecule has 0 aliphatic carbocycles. The van der Waals surface area contributed by atoms with Crippen LogP contribution in [0, 0.1) is 0 Å². The Bertz CT molecular complexity index is 1110. The van der Waals surface area contributed by atoms with Crippen LogP contribution >= 0.6 is 11.3 Å². The van der Waals surface area contributed by atoms with Crippen molar-refractivity contribution in [2.75, 3.05) is 37.6 Å². The van der Waals surface area contributed by atoms with Gasteiger partial charge in [0.25, 0.3) is 0 Å². The van der Waals surface area contributed by atoms with Crippen molar-refractivity contribution in [1.29, 1.82) is 0 Å². The summed E-state index contributed by atoms with van der Waals surface area (Å²) in [6.07, 6.45) is 2.29. The van der Waals surface area contributed by atoms with Crippen LogP contribution in [0.4, 0.5) is 5.69 Å². The molecule has 4 nitrogen and oxygen atoms in total. The number of pyridine rings is 1. The third-order valence-electron chi connectivity index (χ3n) is 5.93. The summed E-state index contributed by atoms with van der Waals surface area (Å²) in [5.74, 6) is 0. The standard InChI is InChI=1S/C24H25N3OS/c28-23(20-17-29-24-8-4-2-5-18(20)24)10-12-26-13-15-27(16-14-26)22-9-11-25-21-7-3-1-6-19(21)22/h1-9,11,17,23,28H,10,12-16H2. The van der Waals surface area contributed by atoms with E-state index in [9.17, 15) is 5.11 Å². The van der Waals surface area contributed by atoms with Crippen LogP contribution in [0.15, 0.2) is 66.2 Å². The molecule has 0 saturated carbocycles. The zero-order chi connectivity index (χ0) is 19.6. The second-order valence-corrected chi connectivity index (χ2v) is 8.58. The minimum atomic E-state index is -0.395. The highest BCUT2D eigenvalue weighted by Crippen LogP contribution is 2.32. The highest BCUT2D eigenvalue weighted by molar-refractivity contribution is 7.17. The van der Waals surface area contributed by atoms with E-state index in [1.165, 1.54) is 21.2 Å². The van der Waals surface area contributed by atoms with Crippen molar-refractivity contribution < 1.29 is 5.11 Å². The average Bonchev–Trinajstić information content (AvgIpc) is 3.22. The number of benzene rings is 2. The molecule has 2 aromatic heterocycles. The number of hydrogen-bond acceptors (Lipinski definition) is 5. The van der Waals surface area contributed by atoms with Crippen LogP contribution in [0.25, 0.3) is 21.0 Å². The summed E-state index contributed by atoms with van der Waals surface area (Å²) < 4.78 is 1.25. The molecule has 5 heteroatoms. The maximum atomic E-state index is 10.7. The van der Waals surface area contributed by atoms with Crippen molar-refractivity contribution >= 4 is 38.0 Å². The van der Waals surface area contributed by atoms with Crippen LogP contribution in [-0.2, 0) is 0 Å². The number of anilines is 1. The number of fused-ring (bicyclic) bond motifs is 2. The predicted molar refractivity (Wildman–Crippen MR) is 122 cm³/mol. The molecule has 1 unspecified atom stereocenters. The minimum Gasteiger partial charge on any atom is -0.388 e.